The van der Waals surface area contributed by atoms with E-state index in [0.717, 1.165) is 22.9 Å². The average Bonchev–Trinajstić information content (AvgIpc) is 2.38. The van der Waals surface area contributed by atoms with Gasteiger partial charge < -0.3 is 5.32 Å². The zero-order valence-electron chi connectivity index (χ0n) is 12.7. The Hall–Kier alpha value is -1.47. The summed E-state index contributed by atoms with van der Waals surface area (Å²) in [5.41, 5.74) is -0.391. The molecule has 21 heavy (non-hydrogen) atoms. The Labute approximate surface area is 125 Å². The SMILES string of the molecule is CCC(C)(C)NC(=O)CN(C)S(=O)(=O)c1ccc(F)cc1. The van der Waals surface area contributed by atoms with Gasteiger partial charge in [0.05, 0.1) is 11.4 Å². The lowest BCUT2D eigenvalue weighted by Crippen LogP contribution is -2.47. The molecule has 0 heterocycles. The highest BCUT2D eigenvalue weighted by molar-refractivity contribution is 7.89. The number of benzene rings is 1. The summed E-state index contributed by atoms with van der Waals surface area (Å²) < 4.78 is 38.3. The van der Waals surface area contributed by atoms with E-state index in [0.29, 0.717) is 0 Å². The van der Waals surface area contributed by atoms with Crippen LogP contribution in [0.2, 0.25) is 0 Å². The van der Waals surface area contributed by atoms with Crippen LogP contribution in [0.5, 0.6) is 0 Å². The molecular formula is C14H21FN2O3S. The van der Waals surface area contributed by atoms with Crippen molar-refractivity contribution in [1.82, 2.24) is 9.62 Å². The lowest BCUT2D eigenvalue weighted by Gasteiger charge is -2.26. The molecule has 0 aromatic heterocycles. The van der Waals surface area contributed by atoms with Crippen molar-refractivity contribution in [1.29, 1.82) is 0 Å². The van der Waals surface area contributed by atoms with Crippen LogP contribution in [0.4, 0.5) is 4.39 Å². The number of hydrogen-bond donors (Lipinski definition) is 1. The number of carbonyl (C=O) groups is 1. The minimum atomic E-state index is -3.81. The van der Waals surface area contributed by atoms with E-state index in [-0.39, 0.29) is 17.3 Å². The van der Waals surface area contributed by atoms with Crippen LogP contribution in [0, 0.1) is 5.82 Å². The van der Waals surface area contributed by atoms with Crippen LogP contribution in [0.1, 0.15) is 27.2 Å². The molecule has 7 heteroatoms. The highest BCUT2D eigenvalue weighted by Crippen LogP contribution is 2.15. The lowest BCUT2D eigenvalue weighted by molar-refractivity contribution is -0.122. The number of amides is 1. The predicted molar refractivity (Wildman–Crippen MR) is 78.7 cm³/mol. The minimum Gasteiger partial charge on any atom is -0.350 e. The molecule has 0 saturated carbocycles. The van der Waals surface area contributed by atoms with E-state index in [2.05, 4.69) is 5.32 Å². The maximum atomic E-state index is 12.8. The quantitative estimate of drug-likeness (QED) is 0.869. The monoisotopic (exact) mass is 316 g/mol. The Kier molecular flexibility index (Phi) is 5.47. The molecule has 118 valence electrons. The zero-order valence-corrected chi connectivity index (χ0v) is 13.5. The number of halogens is 1. The smallest absolute Gasteiger partial charge is 0.243 e. The molecule has 0 aliphatic carbocycles. The fraction of sp³-hybridized carbons (Fsp3) is 0.500. The van der Waals surface area contributed by atoms with Gasteiger partial charge in [0.25, 0.3) is 0 Å². The van der Waals surface area contributed by atoms with Gasteiger partial charge in [-0.1, -0.05) is 6.92 Å². The molecule has 0 radical (unpaired) electrons. The molecule has 0 atom stereocenters. The number of carbonyl (C=O) groups excluding carboxylic acids is 1. The first-order chi connectivity index (χ1) is 9.58. The molecule has 1 aromatic carbocycles. The third-order valence-electron chi connectivity index (χ3n) is 3.25. The first kappa shape index (κ1) is 17.6. The van der Waals surface area contributed by atoms with Gasteiger partial charge in [-0.3, -0.25) is 4.79 Å². The van der Waals surface area contributed by atoms with E-state index in [1.165, 1.54) is 19.2 Å². The molecule has 1 N–H and O–H groups in total. The summed E-state index contributed by atoms with van der Waals surface area (Å²) in [5.74, 6) is -0.894. The van der Waals surface area contributed by atoms with Crippen molar-refractivity contribution >= 4 is 15.9 Å². The molecule has 0 aliphatic rings. The van der Waals surface area contributed by atoms with E-state index in [1.54, 1.807) is 0 Å². The van der Waals surface area contributed by atoms with Gasteiger partial charge in [-0.15, -0.1) is 0 Å². The van der Waals surface area contributed by atoms with Crippen LogP contribution in [-0.4, -0.2) is 37.8 Å². The largest absolute Gasteiger partial charge is 0.350 e. The Balaban J connectivity index is 2.81. The molecule has 1 aromatic rings. The van der Waals surface area contributed by atoms with E-state index in [9.17, 15) is 17.6 Å². The third kappa shape index (κ3) is 4.78. The number of hydrogen-bond acceptors (Lipinski definition) is 3. The molecule has 5 nitrogen and oxygen atoms in total. The molecule has 0 aliphatic heterocycles. The molecule has 1 amide bonds. The van der Waals surface area contributed by atoms with Crippen LogP contribution in [0.25, 0.3) is 0 Å². The van der Waals surface area contributed by atoms with Gasteiger partial charge in [-0.2, -0.15) is 4.31 Å². The summed E-state index contributed by atoms with van der Waals surface area (Å²) in [4.78, 5) is 11.8. The second kappa shape index (κ2) is 6.53. The highest BCUT2D eigenvalue weighted by Gasteiger charge is 2.25. The van der Waals surface area contributed by atoms with E-state index in [4.69, 9.17) is 0 Å². The maximum absolute atomic E-state index is 12.8. The molecule has 0 unspecified atom stereocenters. The Bertz CT molecular complexity index is 597. The standard InChI is InChI=1S/C14H21FN2O3S/c1-5-14(2,3)16-13(18)10-17(4)21(19,20)12-8-6-11(15)7-9-12/h6-9H,5,10H2,1-4H3,(H,16,18). The lowest BCUT2D eigenvalue weighted by atomic mass is 10.0. The summed E-state index contributed by atoms with van der Waals surface area (Å²) in [6.07, 6.45) is 0.729. The Morgan fingerprint density at radius 1 is 1.29 bits per heavy atom. The molecule has 0 fully saturated rings. The van der Waals surface area contributed by atoms with Crippen molar-refractivity contribution in [3.63, 3.8) is 0 Å². The van der Waals surface area contributed by atoms with Crippen LogP contribution < -0.4 is 5.32 Å². The number of rotatable bonds is 6. The summed E-state index contributed by atoms with van der Waals surface area (Å²) in [6.45, 7) is 5.36. The summed E-state index contributed by atoms with van der Waals surface area (Å²) in [6, 6.07) is 4.49. The van der Waals surface area contributed by atoms with Gasteiger partial charge in [0.1, 0.15) is 5.82 Å². The number of sulfonamides is 1. The second-order valence-electron chi connectivity index (χ2n) is 5.50. The fourth-order valence-electron chi connectivity index (χ4n) is 1.58. The summed E-state index contributed by atoms with van der Waals surface area (Å²) >= 11 is 0. The van der Waals surface area contributed by atoms with Crippen molar-refractivity contribution in [2.45, 2.75) is 37.6 Å². The van der Waals surface area contributed by atoms with E-state index >= 15 is 0 Å². The minimum absolute atomic E-state index is 0.0473. The van der Waals surface area contributed by atoms with Gasteiger partial charge in [0, 0.05) is 12.6 Å². The normalized spacial score (nSPS) is 12.5. The number of likely N-dealkylation sites (N-methyl/N-ethyl adjacent to an activating group) is 1. The summed E-state index contributed by atoms with van der Waals surface area (Å²) in [5, 5.41) is 2.76. The third-order valence-corrected chi connectivity index (χ3v) is 5.07. The van der Waals surface area contributed by atoms with Crippen LogP contribution in [0.3, 0.4) is 0 Å². The topological polar surface area (TPSA) is 66.5 Å². The first-order valence-electron chi connectivity index (χ1n) is 6.61. The van der Waals surface area contributed by atoms with Crippen molar-refractivity contribution in [2.24, 2.45) is 0 Å². The van der Waals surface area contributed by atoms with Gasteiger partial charge >= 0.3 is 0 Å². The van der Waals surface area contributed by atoms with Crippen molar-refractivity contribution < 1.29 is 17.6 Å². The average molecular weight is 316 g/mol. The molecule has 0 spiro atoms. The highest BCUT2D eigenvalue weighted by atomic mass is 32.2. The molecule has 0 bridgehead atoms. The van der Waals surface area contributed by atoms with E-state index < -0.39 is 21.4 Å². The van der Waals surface area contributed by atoms with Crippen LogP contribution in [0.15, 0.2) is 29.2 Å². The molecule has 0 saturated heterocycles. The second-order valence-corrected chi connectivity index (χ2v) is 7.55. The Morgan fingerprint density at radius 3 is 2.29 bits per heavy atom. The van der Waals surface area contributed by atoms with Gasteiger partial charge in [0.15, 0.2) is 0 Å². The van der Waals surface area contributed by atoms with E-state index in [1.807, 2.05) is 20.8 Å². The first-order valence-corrected chi connectivity index (χ1v) is 8.05. The van der Waals surface area contributed by atoms with Gasteiger partial charge in [0.2, 0.25) is 15.9 Å². The number of nitrogens with zero attached hydrogens (tertiary/aromatic N) is 1. The predicted octanol–water partition coefficient (Wildman–Crippen LogP) is 1.75. The van der Waals surface area contributed by atoms with Crippen molar-refractivity contribution in [2.75, 3.05) is 13.6 Å². The fourth-order valence-corrected chi connectivity index (χ4v) is 2.71. The number of nitrogens with one attached hydrogen (secondary N) is 1. The van der Waals surface area contributed by atoms with Gasteiger partial charge in [-0.05, 0) is 44.5 Å². The van der Waals surface area contributed by atoms with Gasteiger partial charge in [-0.25, -0.2) is 12.8 Å². The maximum Gasteiger partial charge on any atom is 0.243 e. The van der Waals surface area contributed by atoms with Crippen LogP contribution in [-0.2, 0) is 14.8 Å². The Morgan fingerprint density at radius 2 is 1.81 bits per heavy atom. The zero-order chi connectivity index (χ0) is 16.3. The summed E-state index contributed by atoms with van der Waals surface area (Å²) in [7, 11) is -2.49. The molecular weight excluding hydrogens is 295 g/mol. The molecule has 1 rings (SSSR count). The van der Waals surface area contributed by atoms with Crippen LogP contribution >= 0.6 is 0 Å². The van der Waals surface area contributed by atoms with Crippen molar-refractivity contribution in [3.8, 4) is 0 Å². The van der Waals surface area contributed by atoms with Crippen molar-refractivity contribution in [3.05, 3.63) is 30.1 Å².